The van der Waals surface area contributed by atoms with E-state index in [1.807, 2.05) is 36.4 Å². The molecular formula is C53H36N4. The van der Waals surface area contributed by atoms with Crippen LogP contribution in [0, 0.1) is 0 Å². The molecule has 8 aromatic carbocycles. The minimum Gasteiger partial charge on any atom is -0.247 e. The highest BCUT2D eigenvalue weighted by Gasteiger charge is 2.39. The van der Waals surface area contributed by atoms with Gasteiger partial charge in [0.05, 0.1) is 11.2 Å². The number of aromatic nitrogens is 4. The summed E-state index contributed by atoms with van der Waals surface area (Å²) >= 11 is 0. The van der Waals surface area contributed by atoms with Gasteiger partial charge in [-0.3, -0.25) is 0 Å². The molecule has 0 fully saturated rings. The first-order valence-electron chi connectivity index (χ1n) is 19.5. The van der Waals surface area contributed by atoms with Crippen molar-refractivity contribution < 1.29 is 0 Å². The van der Waals surface area contributed by atoms with Crippen molar-refractivity contribution in [1.82, 2.24) is 19.9 Å². The summed E-state index contributed by atoms with van der Waals surface area (Å²) in [6.07, 6.45) is 0. The van der Waals surface area contributed by atoms with Crippen LogP contribution in [-0.4, -0.2) is 19.9 Å². The molecule has 0 saturated carbocycles. The fourth-order valence-corrected chi connectivity index (χ4v) is 8.83. The summed E-state index contributed by atoms with van der Waals surface area (Å²) in [5.41, 5.74) is 13.3. The molecule has 1 aliphatic carbocycles. The van der Waals surface area contributed by atoms with Crippen molar-refractivity contribution in [1.29, 1.82) is 0 Å². The second-order valence-electron chi connectivity index (χ2n) is 15.5. The second kappa shape index (κ2) is 12.9. The molecule has 2 aromatic heterocycles. The third-order valence-corrected chi connectivity index (χ3v) is 11.7. The van der Waals surface area contributed by atoms with Crippen LogP contribution < -0.4 is 0 Å². The molecule has 0 aliphatic heterocycles. The van der Waals surface area contributed by atoms with E-state index >= 15 is 0 Å². The van der Waals surface area contributed by atoms with Crippen LogP contribution in [0.25, 0.3) is 100 Å². The number of pyridine rings is 1. The molecule has 268 valence electrons. The van der Waals surface area contributed by atoms with Crippen LogP contribution in [0.1, 0.15) is 25.0 Å². The smallest absolute Gasteiger partial charge is 0.164 e. The molecular weight excluding hydrogens is 693 g/mol. The monoisotopic (exact) mass is 728 g/mol. The Labute approximate surface area is 331 Å². The van der Waals surface area contributed by atoms with Gasteiger partial charge in [-0.25, -0.2) is 19.9 Å². The minimum absolute atomic E-state index is 0.229. The van der Waals surface area contributed by atoms with Crippen LogP contribution in [0.5, 0.6) is 0 Å². The number of benzene rings is 8. The first-order valence-corrected chi connectivity index (χ1v) is 19.5. The van der Waals surface area contributed by atoms with E-state index in [-0.39, 0.29) is 5.41 Å². The highest BCUT2D eigenvalue weighted by atomic mass is 15.0. The molecule has 4 heteroatoms. The van der Waals surface area contributed by atoms with E-state index in [9.17, 15) is 0 Å². The van der Waals surface area contributed by atoms with Gasteiger partial charge in [0.1, 0.15) is 0 Å². The topological polar surface area (TPSA) is 51.6 Å². The number of hydrogen-bond acceptors (Lipinski definition) is 4. The van der Waals surface area contributed by atoms with E-state index in [1.165, 1.54) is 49.5 Å². The average Bonchev–Trinajstić information content (AvgIpc) is 3.51. The summed E-state index contributed by atoms with van der Waals surface area (Å²) in [6.45, 7) is 4.69. The average molecular weight is 729 g/mol. The summed E-state index contributed by atoms with van der Waals surface area (Å²) in [4.78, 5) is 20.5. The SMILES string of the molecule is CC1(C)c2ccccc2-c2nc3ccc4ccccc4c3c(-c3ccc4cc(-c5nc(-c6ccccc6)nc(-c6ccc(-c7ccccc7)cc6)n5)ccc4c3)c21. The number of rotatable bonds is 5. The van der Waals surface area contributed by atoms with E-state index in [4.69, 9.17) is 19.9 Å². The zero-order valence-electron chi connectivity index (χ0n) is 31.6. The Hall–Kier alpha value is -7.30. The maximum Gasteiger partial charge on any atom is 0.164 e. The standard InChI is InChI=1S/C53H36N4/c1-53(2)44-20-12-11-19-43(44)49-48(53)46(47-42-18-10-9-15-35(42)29-30-45(47)54-49)40-27-25-39-32-41(28-26-38(39)31-40)52-56-50(36-16-7-4-8-17-36)55-51(57-52)37-23-21-34(22-24-37)33-13-5-3-6-14-33/h3-32H,1-2H3. The maximum absolute atomic E-state index is 5.39. The summed E-state index contributed by atoms with van der Waals surface area (Å²) < 4.78 is 0. The molecule has 4 nitrogen and oxygen atoms in total. The Kier molecular flexibility index (Phi) is 7.48. The van der Waals surface area contributed by atoms with Gasteiger partial charge >= 0.3 is 0 Å². The van der Waals surface area contributed by atoms with E-state index in [0.717, 1.165) is 44.2 Å². The van der Waals surface area contributed by atoms with Crippen LogP contribution in [0.4, 0.5) is 0 Å². The molecule has 1 aliphatic rings. The van der Waals surface area contributed by atoms with Crippen molar-refractivity contribution >= 4 is 32.4 Å². The number of nitrogens with zero attached hydrogens (tertiary/aromatic N) is 4. The zero-order valence-corrected chi connectivity index (χ0v) is 31.6. The first kappa shape index (κ1) is 33.1. The molecule has 0 amide bonds. The fraction of sp³-hybridized carbons (Fsp3) is 0.0566. The zero-order chi connectivity index (χ0) is 38.1. The Morgan fingerprint density at radius 2 is 0.895 bits per heavy atom. The lowest BCUT2D eigenvalue weighted by atomic mass is 9.78. The molecule has 11 rings (SSSR count). The molecule has 0 saturated heterocycles. The molecule has 0 unspecified atom stereocenters. The van der Waals surface area contributed by atoms with Crippen LogP contribution in [0.2, 0.25) is 0 Å². The largest absolute Gasteiger partial charge is 0.247 e. The third kappa shape index (κ3) is 5.44. The van der Waals surface area contributed by atoms with Crippen LogP contribution in [-0.2, 0) is 5.41 Å². The van der Waals surface area contributed by atoms with Gasteiger partial charge in [0, 0.05) is 33.1 Å². The highest BCUT2D eigenvalue weighted by Crippen LogP contribution is 2.54. The molecule has 0 bridgehead atoms. The Morgan fingerprint density at radius 1 is 0.386 bits per heavy atom. The summed E-state index contributed by atoms with van der Waals surface area (Å²) in [6, 6.07) is 64.3. The lowest BCUT2D eigenvalue weighted by molar-refractivity contribution is 0.662. The van der Waals surface area contributed by atoms with Gasteiger partial charge in [0.2, 0.25) is 0 Å². The van der Waals surface area contributed by atoms with Crippen LogP contribution >= 0.6 is 0 Å². The van der Waals surface area contributed by atoms with Gasteiger partial charge < -0.3 is 0 Å². The third-order valence-electron chi connectivity index (χ3n) is 11.7. The van der Waals surface area contributed by atoms with Crippen LogP contribution in [0.3, 0.4) is 0 Å². The molecule has 0 N–H and O–H groups in total. The van der Waals surface area contributed by atoms with E-state index in [2.05, 4.69) is 159 Å². The van der Waals surface area contributed by atoms with Crippen molar-refractivity contribution in [2.24, 2.45) is 0 Å². The fourth-order valence-electron chi connectivity index (χ4n) is 8.83. The quantitative estimate of drug-likeness (QED) is 0.166. The van der Waals surface area contributed by atoms with Gasteiger partial charge in [-0.2, -0.15) is 0 Å². The van der Waals surface area contributed by atoms with Crippen molar-refractivity contribution in [3.8, 4) is 67.7 Å². The van der Waals surface area contributed by atoms with Crippen LogP contribution in [0.15, 0.2) is 182 Å². The second-order valence-corrected chi connectivity index (χ2v) is 15.5. The summed E-state index contributed by atoms with van der Waals surface area (Å²) in [5, 5.41) is 5.90. The normalized spacial score (nSPS) is 12.9. The van der Waals surface area contributed by atoms with Gasteiger partial charge in [0.15, 0.2) is 17.5 Å². The van der Waals surface area contributed by atoms with Crippen molar-refractivity contribution in [2.45, 2.75) is 19.3 Å². The predicted octanol–water partition coefficient (Wildman–Crippen LogP) is 13.4. The number of hydrogen-bond donors (Lipinski definition) is 0. The summed E-state index contributed by atoms with van der Waals surface area (Å²) in [7, 11) is 0. The van der Waals surface area contributed by atoms with Crippen molar-refractivity contribution in [2.75, 3.05) is 0 Å². The molecule has 0 atom stereocenters. The Morgan fingerprint density at radius 3 is 1.63 bits per heavy atom. The van der Waals surface area contributed by atoms with E-state index in [1.54, 1.807) is 0 Å². The number of fused-ring (bicyclic) bond motifs is 7. The van der Waals surface area contributed by atoms with Gasteiger partial charge in [-0.05, 0) is 73.1 Å². The van der Waals surface area contributed by atoms with E-state index < -0.39 is 0 Å². The lowest BCUT2D eigenvalue weighted by Crippen LogP contribution is -2.16. The van der Waals surface area contributed by atoms with E-state index in [0.29, 0.717) is 17.5 Å². The van der Waals surface area contributed by atoms with Gasteiger partial charge in [0.25, 0.3) is 0 Å². The minimum atomic E-state index is -0.229. The molecule has 0 radical (unpaired) electrons. The molecule has 57 heavy (non-hydrogen) atoms. The highest BCUT2D eigenvalue weighted by molar-refractivity contribution is 6.16. The van der Waals surface area contributed by atoms with Crippen molar-refractivity contribution in [3.05, 3.63) is 193 Å². The molecule has 10 aromatic rings. The molecule has 2 heterocycles. The Balaban J connectivity index is 1.06. The molecule has 0 spiro atoms. The maximum atomic E-state index is 5.39. The first-order chi connectivity index (χ1) is 28.0. The van der Waals surface area contributed by atoms with Crippen molar-refractivity contribution in [3.63, 3.8) is 0 Å². The Bertz CT molecular complexity index is 3190. The van der Waals surface area contributed by atoms with Gasteiger partial charge in [-0.15, -0.1) is 0 Å². The lowest BCUT2D eigenvalue weighted by Gasteiger charge is -2.26. The van der Waals surface area contributed by atoms with Gasteiger partial charge in [-0.1, -0.05) is 178 Å². The summed E-state index contributed by atoms with van der Waals surface area (Å²) in [5.74, 6) is 1.93. The predicted molar refractivity (Wildman–Crippen MR) is 235 cm³/mol.